The smallest absolute Gasteiger partial charge is 0.0734 e. The van der Waals surface area contributed by atoms with Gasteiger partial charge in [0.2, 0.25) is 0 Å². The minimum Gasteiger partial charge on any atom is -0.389 e. The van der Waals surface area contributed by atoms with Crippen molar-refractivity contribution in [3.8, 4) is 0 Å². The fourth-order valence-electron chi connectivity index (χ4n) is 2.18. The summed E-state index contributed by atoms with van der Waals surface area (Å²) in [7, 11) is 2.12. The second kappa shape index (κ2) is 3.81. The van der Waals surface area contributed by atoms with Gasteiger partial charge in [-0.2, -0.15) is 0 Å². The van der Waals surface area contributed by atoms with Crippen molar-refractivity contribution in [3.63, 3.8) is 0 Å². The van der Waals surface area contributed by atoms with Crippen molar-refractivity contribution >= 4 is 0 Å². The molecule has 2 heteroatoms. The topological polar surface area (TPSA) is 23.5 Å². The van der Waals surface area contributed by atoms with Gasteiger partial charge in [-0.25, -0.2) is 0 Å². The summed E-state index contributed by atoms with van der Waals surface area (Å²) in [5.41, 5.74) is -0.520. The van der Waals surface area contributed by atoms with Gasteiger partial charge in [0.25, 0.3) is 0 Å². The highest BCUT2D eigenvalue weighted by Crippen LogP contribution is 2.33. The van der Waals surface area contributed by atoms with Crippen LogP contribution in [0.3, 0.4) is 0 Å². The molecule has 0 aromatic rings. The van der Waals surface area contributed by atoms with Gasteiger partial charge in [-0.15, -0.1) is 6.58 Å². The van der Waals surface area contributed by atoms with E-state index in [9.17, 15) is 5.11 Å². The van der Waals surface area contributed by atoms with Crippen LogP contribution < -0.4 is 0 Å². The van der Waals surface area contributed by atoms with Crippen LogP contribution in [0.5, 0.6) is 0 Å². The highest BCUT2D eigenvalue weighted by atomic mass is 16.3. The summed E-state index contributed by atoms with van der Waals surface area (Å²) in [6.45, 7) is 8.97. The number of aliphatic hydroxyl groups is 1. The van der Waals surface area contributed by atoms with E-state index < -0.39 is 5.60 Å². The maximum atomic E-state index is 10.3. The molecule has 0 aromatic heterocycles. The second-order valence-corrected chi connectivity index (χ2v) is 4.49. The molecule has 0 spiro atoms. The van der Waals surface area contributed by atoms with Gasteiger partial charge in [0.1, 0.15) is 0 Å². The molecule has 0 amide bonds. The lowest BCUT2D eigenvalue weighted by molar-refractivity contribution is -0.0759. The van der Waals surface area contributed by atoms with Crippen LogP contribution in [0.15, 0.2) is 12.7 Å². The molecule has 2 nitrogen and oxygen atoms in total. The van der Waals surface area contributed by atoms with Crippen LogP contribution in [0.1, 0.15) is 26.7 Å². The van der Waals surface area contributed by atoms with E-state index in [1.165, 1.54) is 0 Å². The number of hydrogen-bond donors (Lipinski definition) is 1. The van der Waals surface area contributed by atoms with Crippen LogP contribution in [-0.4, -0.2) is 35.2 Å². The first-order chi connectivity index (χ1) is 5.99. The largest absolute Gasteiger partial charge is 0.389 e. The Hall–Kier alpha value is -0.340. The van der Waals surface area contributed by atoms with Gasteiger partial charge >= 0.3 is 0 Å². The minimum absolute atomic E-state index is 0.340. The van der Waals surface area contributed by atoms with Crippen molar-refractivity contribution in [1.82, 2.24) is 4.90 Å². The third kappa shape index (κ3) is 2.12. The summed E-state index contributed by atoms with van der Waals surface area (Å²) in [4.78, 5) is 2.31. The minimum atomic E-state index is -0.520. The summed E-state index contributed by atoms with van der Waals surface area (Å²) < 4.78 is 0. The Morgan fingerprint density at radius 3 is 2.77 bits per heavy atom. The fraction of sp³-hybridized carbons (Fsp3) is 0.818. The monoisotopic (exact) mass is 183 g/mol. The SMILES string of the molecule is C=CC[C@@]1(O)C[C@H](C)N(C)C[C@@H]1C. The quantitative estimate of drug-likeness (QED) is 0.658. The van der Waals surface area contributed by atoms with Crippen LogP contribution in [0.2, 0.25) is 0 Å². The van der Waals surface area contributed by atoms with E-state index in [-0.39, 0.29) is 0 Å². The predicted octanol–water partition coefficient (Wildman–Crippen LogP) is 1.65. The third-order valence-electron chi connectivity index (χ3n) is 3.38. The molecular weight excluding hydrogens is 162 g/mol. The van der Waals surface area contributed by atoms with Crippen molar-refractivity contribution in [3.05, 3.63) is 12.7 Å². The second-order valence-electron chi connectivity index (χ2n) is 4.49. The predicted molar refractivity (Wildman–Crippen MR) is 55.6 cm³/mol. The molecule has 1 heterocycles. The number of nitrogens with zero attached hydrogens (tertiary/aromatic N) is 1. The molecule has 0 aromatic carbocycles. The zero-order valence-electron chi connectivity index (χ0n) is 8.95. The molecule has 0 saturated carbocycles. The molecule has 0 aliphatic carbocycles. The van der Waals surface area contributed by atoms with E-state index in [0.29, 0.717) is 18.4 Å². The lowest BCUT2D eigenvalue weighted by Crippen LogP contribution is -2.53. The van der Waals surface area contributed by atoms with E-state index in [1.807, 2.05) is 6.08 Å². The van der Waals surface area contributed by atoms with E-state index in [1.54, 1.807) is 0 Å². The Morgan fingerprint density at radius 1 is 1.62 bits per heavy atom. The average molecular weight is 183 g/mol. The van der Waals surface area contributed by atoms with Crippen LogP contribution in [0, 0.1) is 5.92 Å². The van der Waals surface area contributed by atoms with Crippen LogP contribution >= 0.6 is 0 Å². The average Bonchev–Trinajstić information content (AvgIpc) is 2.02. The Labute approximate surface area is 81.2 Å². The Balaban J connectivity index is 2.69. The van der Waals surface area contributed by atoms with Gasteiger partial charge in [-0.3, -0.25) is 0 Å². The van der Waals surface area contributed by atoms with E-state index >= 15 is 0 Å². The van der Waals surface area contributed by atoms with E-state index in [2.05, 4.69) is 32.4 Å². The van der Waals surface area contributed by atoms with Gasteiger partial charge in [-0.05, 0) is 32.7 Å². The Morgan fingerprint density at radius 2 is 2.23 bits per heavy atom. The van der Waals surface area contributed by atoms with Crippen molar-refractivity contribution in [2.24, 2.45) is 5.92 Å². The molecule has 0 bridgehead atoms. The van der Waals surface area contributed by atoms with Crippen molar-refractivity contribution < 1.29 is 5.11 Å². The zero-order chi connectivity index (χ0) is 10.1. The van der Waals surface area contributed by atoms with E-state index in [4.69, 9.17) is 0 Å². The summed E-state index contributed by atoms with van der Waals surface area (Å²) in [6, 6.07) is 0.473. The maximum absolute atomic E-state index is 10.3. The zero-order valence-corrected chi connectivity index (χ0v) is 8.95. The van der Waals surface area contributed by atoms with Gasteiger partial charge < -0.3 is 10.0 Å². The maximum Gasteiger partial charge on any atom is 0.0734 e. The number of piperidine rings is 1. The molecule has 1 aliphatic heterocycles. The molecule has 13 heavy (non-hydrogen) atoms. The summed E-state index contributed by atoms with van der Waals surface area (Å²) in [5.74, 6) is 0.340. The lowest BCUT2D eigenvalue weighted by atomic mass is 9.77. The van der Waals surface area contributed by atoms with Gasteiger partial charge in [0.15, 0.2) is 0 Å². The summed E-state index contributed by atoms with van der Waals surface area (Å²) >= 11 is 0. The molecular formula is C11H21NO. The molecule has 1 fully saturated rings. The molecule has 0 unspecified atom stereocenters. The van der Waals surface area contributed by atoms with Crippen molar-refractivity contribution in [2.45, 2.75) is 38.3 Å². The molecule has 1 aliphatic rings. The lowest BCUT2D eigenvalue weighted by Gasteiger charge is -2.45. The third-order valence-corrected chi connectivity index (χ3v) is 3.38. The fourth-order valence-corrected chi connectivity index (χ4v) is 2.18. The molecule has 1 saturated heterocycles. The molecule has 76 valence electrons. The number of rotatable bonds is 2. The van der Waals surface area contributed by atoms with E-state index in [0.717, 1.165) is 13.0 Å². The van der Waals surface area contributed by atoms with Gasteiger partial charge in [0.05, 0.1) is 5.60 Å². The Bertz CT molecular complexity index is 193. The number of likely N-dealkylation sites (tertiary alicyclic amines) is 1. The summed E-state index contributed by atoms with van der Waals surface area (Å²) in [5, 5.41) is 10.3. The standard InChI is InChI=1S/C11H21NO/c1-5-6-11(13)7-10(3)12(4)8-9(11)2/h5,9-10,13H,1,6-8H2,2-4H3/t9-,10-,11+/m0/s1. The highest BCUT2D eigenvalue weighted by Gasteiger charge is 2.39. The Kier molecular flexibility index (Phi) is 3.14. The number of hydrogen-bond acceptors (Lipinski definition) is 2. The van der Waals surface area contributed by atoms with Crippen molar-refractivity contribution in [2.75, 3.05) is 13.6 Å². The van der Waals surface area contributed by atoms with Crippen LogP contribution in [0.25, 0.3) is 0 Å². The molecule has 3 atom stereocenters. The highest BCUT2D eigenvalue weighted by molar-refractivity contribution is 4.97. The normalized spacial score (nSPS) is 41.8. The summed E-state index contributed by atoms with van der Waals surface area (Å²) in [6.07, 6.45) is 3.40. The molecule has 0 radical (unpaired) electrons. The van der Waals surface area contributed by atoms with Gasteiger partial charge in [0, 0.05) is 12.6 Å². The van der Waals surface area contributed by atoms with Gasteiger partial charge in [-0.1, -0.05) is 13.0 Å². The molecule has 1 rings (SSSR count). The molecule has 1 N–H and O–H groups in total. The first-order valence-electron chi connectivity index (χ1n) is 5.03. The first-order valence-corrected chi connectivity index (χ1v) is 5.03. The van der Waals surface area contributed by atoms with Crippen LogP contribution in [-0.2, 0) is 0 Å². The first kappa shape index (κ1) is 10.7. The van der Waals surface area contributed by atoms with Crippen molar-refractivity contribution in [1.29, 1.82) is 0 Å². The van der Waals surface area contributed by atoms with Crippen LogP contribution in [0.4, 0.5) is 0 Å².